The molecule has 0 amide bonds. The molecule has 1 aromatic carbocycles. The van der Waals surface area contributed by atoms with E-state index in [4.69, 9.17) is 0 Å². The van der Waals surface area contributed by atoms with Gasteiger partial charge in [-0.25, -0.2) is 0 Å². The molecule has 0 unspecified atom stereocenters. The minimum Gasteiger partial charge on any atom is -0.328 e. The maximum Gasteiger partial charge on any atom is 0.149 e. The van der Waals surface area contributed by atoms with E-state index in [1.54, 1.807) is 0 Å². The SMILES string of the molecule is C[C@@H](N[Si](C)(C)C1=CC=C2C=CC=C[C]21)c1ccccc1. The van der Waals surface area contributed by atoms with E-state index in [0.717, 1.165) is 0 Å². The predicted molar refractivity (Wildman–Crippen MR) is 93.2 cm³/mol. The molecule has 0 saturated carbocycles. The first kappa shape index (κ1) is 14.3. The second-order valence-corrected chi connectivity index (χ2v) is 10.3. The van der Waals surface area contributed by atoms with Crippen molar-refractivity contribution in [2.45, 2.75) is 26.1 Å². The summed E-state index contributed by atoms with van der Waals surface area (Å²) in [6, 6.07) is 11.1. The quantitative estimate of drug-likeness (QED) is 0.797. The van der Waals surface area contributed by atoms with Crippen LogP contribution in [0.4, 0.5) is 0 Å². The van der Waals surface area contributed by atoms with Crippen LogP contribution >= 0.6 is 0 Å². The Morgan fingerprint density at radius 3 is 2.43 bits per heavy atom. The van der Waals surface area contributed by atoms with E-state index in [1.807, 2.05) is 0 Å². The van der Waals surface area contributed by atoms with Gasteiger partial charge in [0, 0.05) is 12.0 Å². The first-order valence-corrected chi connectivity index (χ1v) is 10.6. The molecule has 2 aliphatic rings. The van der Waals surface area contributed by atoms with E-state index in [0.29, 0.717) is 6.04 Å². The van der Waals surface area contributed by atoms with Gasteiger partial charge in [-0.15, -0.1) is 0 Å². The summed E-state index contributed by atoms with van der Waals surface area (Å²) in [4.78, 5) is 3.91. The van der Waals surface area contributed by atoms with E-state index in [1.165, 1.54) is 22.3 Å². The number of hydrogen-bond donors (Lipinski definition) is 1. The second-order valence-electron chi connectivity index (χ2n) is 6.24. The minimum absolute atomic E-state index is 0.376. The lowest BCUT2D eigenvalue weighted by Gasteiger charge is -2.33. The molecule has 3 rings (SSSR count). The van der Waals surface area contributed by atoms with Gasteiger partial charge in [0.15, 0.2) is 0 Å². The molecule has 1 aromatic rings. The molecule has 0 aliphatic heterocycles. The second kappa shape index (κ2) is 5.62. The highest BCUT2D eigenvalue weighted by Crippen LogP contribution is 2.38. The zero-order chi connectivity index (χ0) is 14.9. The first-order valence-electron chi connectivity index (χ1n) is 7.55. The van der Waals surface area contributed by atoms with Crippen molar-refractivity contribution in [2.24, 2.45) is 0 Å². The average molecular weight is 292 g/mol. The van der Waals surface area contributed by atoms with Gasteiger partial charge in [-0.1, -0.05) is 85.1 Å². The summed E-state index contributed by atoms with van der Waals surface area (Å²) in [5.74, 6) is 1.40. The van der Waals surface area contributed by atoms with Crippen LogP contribution in [-0.2, 0) is 0 Å². The van der Waals surface area contributed by atoms with Gasteiger partial charge in [0.05, 0.1) is 0 Å². The monoisotopic (exact) mass is 292 g/mol. The van der Waals surface area contributed by atoms with Crippen molar-refractivity contribution in [1.82, 2.24) is 4.98 Å². The van der Waals surface area contributed by atoms with Crippen LogP contribution in [0.15, 0.2) is 77.6 Å². The van der Waals surface area contributed by atoms with Crippen molar-refractivity contribution < 1.29 is 0 Å². The van der Waals surface area contributed by atoms with Crippen molar-refractivity contribution in [1.29, 1.82) is 0 Å². The Morgan fingerprint density at radius 2 is 1.67 bits per heavy atom. The first-order chi connectivity index (χ1) is 10.1. The number of benzene rings is 1. The summed E-state index contributed by atoms with van der Waals surface area (Å²) in [6.07, 6.45) is 13.2. The summed E-state index contributed by atoms with van der Waals surface area (Å²) in [5.41, 5.74) is 2.70. The van der Waals surface area contributed by atoms with Crippen molar-refractivity contribution in [3.05, 3.63) is 89.0 Å². The molecule has 1 radical (unpaired) electrons. The van der Waals surface area contributed by atoms with Crippen LogP contribution in [0.2, 0.25) is 13.1 Å². The van der Waals surface area contributed by atoms with Crippen molar-refractivity contribution in [2.75, 3.05) is 0 Å². The fourth-order valence-electron chi connectivity index (χ4n) is 3.14. The van der Waals surface area contributed by atoms with E-state index in [-0.39, 0.29) is 0 Å². The van der Waals surface area contributed by atoms with Gasteiger partial charge < -0.3 is 4.98 Å². The maximum absolute atomic E-state index is 3.91. The zero-order valence-electron chi connectivity index (χ0n) is 12.9. The molecule has 0 spiro atoms. The third kappa shape index (κ3) is 2.87. The summed E-state index contributed by atoms with van der Waals surface area (Å²) >= 11 is 0. The summed E-state index contributed by atoms with van der Waals surface area (Å²) in [7, 11) is -1.69. The normalized spacial score (nSPS) is 19.2. The predicted octanol–water partition coefficient (Wildman–Crippen LogP) is 4.65. The van der Waals surface area contributed by atoms with Crippen LogP contribution < -0.4 is 4.98 Å². The number of rotatable bonds is 4. The molecule has 21 heavy (non-hydrogen) atoms. The summed E-state index contributed by atoms with van der Waals surface area (Å²) in [6.45, 7) is 7.05. The molecule has 1 nitrogen and oxygen atoms in total. The van der Waals surface area contributed by atoms with E-state index < -0.39 is 8.24 Å². The Bertz CT molecular complexity index is 635. The standard InChI is InChI=1S/C19H22NSi/c1-15(16-9-5-4-6-10-16)20-21(2,3)19-14-13-17-11-7-8-12-18(17)19/h4-15,20H,1-3H3/t15-/m1/s1. The lowest BCUT2D eigenvalue weighted by atomic mass is 9.98. The van der Waals surface area contributed by atoms with Gasteiger partial charge in [-0.3, -0.25) is 0 Å². The van der Waals surface area contributed by atoms with Crippen molar-refractivity contribution in [3.8, 4) is 0 Å². The van der Waals surface area contributed by atoms with Crippen LogP contribution in [0, 0.1) is 5.92 Å². The van der Waals surface area contributed by atoms with Gasteiger partial charge in [-0.2, -0.15) is 0 Å². The van der Waals surface area contributed by atoms with Gasteiger partial charge >= 0.3 is 0 Å². The number of nitrogens with one attached hydrogen (secondary N) is 1. The lowest BCUT2D eigenvalue weighted by molar-refractivity contribution is 0.719. The number of fused-ring (bicyclic) bond motifs is 1. The van der Waals surface area contributed by atoms with Crippen LogP contribution in [-0.4, -0.2) is 8.24 Å². The van der Waals surface area contributed by atoms with Crippen LogP contribution in [0.25, 0.3) is 0 Å². The third-order valence-electron chi connectivity index (χ3n) is 4.23. The number of hydrogen-bond acceptors (Lipinski definition) is 1. The summed E-state index contributed by atoms with van der Waals surface area (Å²) in [5, 5.41) is 1.50. The fourth-order valence-corrected chi connectivity index (χ4v) is 5.95. The Labute approximate surface area is 128 Å². The van der Waals surface area contributed by atoms with E-state index >= 15 is 0 Å². The van der Waals surface area contributed by atoms with E-state index in [2.05, 4.69) is 91.8 Å². The zero-order valence-corrected chi connectivity index (χ0v) is 13.9. The fraction of sp³-hybridized carbons (Fsp3) is 0.211. The molecular weight excluding hydrogens is 270 g/mol. The van der Waals surface area contributed by atoms with Gasteiger partial charge in [0.2, 0.25) is 0 Å². The molecule has 0 heterocycles. The van der Waals surface area contributed by atoms with Gasteiger partial charge in [0.25, 0.3) is 0 Å². The third-order valence-corrected chi connectivity index (χ3v) is 7.17. The highest BCUT2D eigenvalue weighted by molar-refractivity contribution is 6.83. The van der Waals surface area contributed by atoms with Crippen LogP contribution in [0.1, 0.15) is 18.5 Å². The molecule has 2 aliphatic carbocycles. The smallest absolute Gasteiger partial charge is 0.149 e. The lowest BCUT2D eigenvalue weighted by Crippen LogP contribution is -2.49. The molecular formula is C19H22NSi. The topological polar surface area (TPSA) is 12.0 Å². The molecule has 0 bridgehead atoms. The largest absolute Gasteiger partial charge is 0.328 e. The highest BCUT2D eigenvalue weighted by Gasteiger charge is 2.35. The highest BCUT2D eigenvalue weighted by atomic mass is 28.3. The Kier molecular flexibility index (Phi) is 3.83. The Morgan fingerprint density at radius 1 is 0.952 bits per heavy atom. The van der Waals surface area contributed by atoms with Gasteiger partial charge in [-0.05, 0) is 18.1 Å². The van der Waals surface area contributed by atoms with Crippen LogP contribution in [0.5, 0.6) is 0 Å². The number of allylic oxidation sites excluding steroid dienone is 8. The summed E-state index contributed by atoms with van der Waals surface area (Å²) < 4.78 is 0. The minimum atomic E-state index is -1.69. The molecule has 0 saturated heterocycles. The van der Waals surface area contributed by atoms with Crippen LogP contribution in [0.3, 0.4) is 0 Å². The van der Waals surface area contributed by atoms with Crippen molar-refractivity contribution in [3.63, 3.8) is 0 Å². The Balaban J connectivity index is 1.76. The maximum atomic E-state index is 3.91. The molecule has 0 fully saturated rings. The average Bonchev–Trinajstić information content (AvgIpc) is 2.92. The Hall–Kier alpha value is -1.64. The molecule has 0 aromatic heterocycles. The molecule has 2 heteroatoms. The molecule has 1 N–H and O–H groups in total. The molecule has 107 valence electrons. The molecule has 1 atom stereocenters. The van der Waals surface area contributed by atoms with Gasteiger partial charge in [0.1, 0.15) is 8.24 Å². The van der Waals surface area contributed by atoms with Crippen molar-refractivity contribution >= 4 is 8.24 Å². The van der Waals surface area contributed by atoms with E-state index in [9.17, 15) is 0 Å².